The molecule has 3 fully saturated rings. The zero-order chi connectivity index (χ0) is 34.9. The molecule has 50 heavy (non-hydrogen) atoms. The third-order valence-electron chi connectivity index (χ3n) is 10.5. The largest absolute Gasteiger partial charge is 0.494 e. The number of likely N-dealkylation sites (tertiary alicyclic amines) is 1. The number of fused-ring (bicyclic) bond motifs is 4. The molecule has 2 saturated heterocycles. The van der Waals surface area contributed by atoms with Gasteiger partial charge in [-0.2, -0.15) is 0 Å². The molecule has 2 amide bonds. The average molecular weight is 677 g/mol. The number of para-hydroxylation sites is 1. The molecule has 0 radical (unpaired) electrons. The highest BCUT2D eigenvalue weighted by Crippen LogP contribution is 2.41. The van der Waals surface area contributed by atoms with Gasteiger partial charge in [-0.15, -0.1) is 0 Å². The summed E-state index contributed by atoms with van der Waals surface area (Å²) in [5.74, 6) is 3.61. The summed E-state index contributed by atoms with van der Waals surface area (Å²) in [6, 6.07) is 16.0. The lowest BCUT2D eigenvalue weighted by atomic mass is 9.99. The van der Waals surface area contributed by atoms with Crippen LogP contribution < -0.4 is 15.0 Å². The number of carbonyl (C=O) groups excluding carboxylic acids is 2. The van der Waals surface area contributed by atoms with Crippen molar-refractivity contribution >= 4 is 39.8 Å². The third kappa shape index (κ3) is 5.60. The molecule has 12 nitrogen and oxygen atoms in total. The molecule has 2 aromatic carbocycles. The van der Waals surface area contributed by atoms with Gasteiger partial charge in [-0.3, -0.25) is 4.79 Å². The maximum atomic E-state index is 14.2. The topological polar surface area (TPSA) is 120 Å². The van der Waals surface area contributed by atoms with E-state index < -0.39 is 11.7 Å². The minimum absolute atomic E-state index is 0.0797. The van der Waals surface area contributed by atoms with Crippen LogP contribution in [0, 0.1) is 18.8 Å². The summed E-state index contributed by atoms with van der Waals surface area (Å²) in [6.07, 6.45) is 3.17. The summed E-state index contributed by atoms with van der Waals surface area (Å²) in [5.41, 5.74) is 3.63. The highest BCUT2D eigenvalue weighted by Gasteiger charge is 2.50. The molecule has 5 aromatic rings. The van der Waals surface area contributed by atoms with E-state index in [0.29, 0.717) is 29.3 Å². The van der Waals surface area contributed by atoms with Gasteiger partial charge in [0.25, 0.3) is 5.91 Å². The molecule has 3 aliphatic rings. The molecule has 8 rings (SSSR count). The highest BCUT2D eigenvalue weighted by molar-refractivity contribution is 6.00. The Morgan fingerprint density at radius 3 is 2.56 bits per heavy atom. The molecular formula is C38H44N8O4. The number of carbonyl (C=O) groups is 2. The van der Waals surface area contributed by atoms with Crippen molar-refractivity contribution in [2.24, 2.45) is 18.9 Å². The van der Waals surface area contributed by atoms with Gasteiger partial charge in [0.15, 0.2) is 5.82 Å². The SMILES string of the molecule is COc1cc(C(=O)N2C[C@H]3CC[C@@H]2[C@@H]3NC(=O)OC(C)(C)C)cc2nc(-c3cc4ccccc4n3C)n(CC3CN(c4ccnc(C)n4)C3)c12. The average Bonchev–Trinajstić information content (AvgIpc) is 3.81. The Balaban J connectivity index is 1.13. The maximum Gasteiger partial charge on any atom is 0.407 e. The van der Waals surface area contributed by atoms with Crippen LogP contribution in [0.1, 0.15) is 49.8 Å². The van der Waals surface area contributed by atoms with Crippen molar-refractivity contribution in [2.45, 2.75) is 64.8 Å². The van der Waals surface area contributed by atoms with Crippen LogP contribution >= 0.6 is 0 Å². The van der Waals surface area contributed by atoms with Gasteiger partial charge < -0.3 is 33.7 Å². The number of amides is 2. The smallest absolute Gasteiger partial charge is 0.407 e. The number of aromatic nitrogens is 5. The van der Waals surface area contributed by atoms with Crippen molar-refractivity contribution in [3.63, 3.8) is 0 Å². The highest BCUT2D eigenvalue weighted by atomic mass is 16.6. The second-order valence-electron chi connectivity index (χ2n) is 15.0. The van der Waals surface area contributed by atoms with E-state index in [0.717, 1.165) is 72.1 Å². The Kier molecular flexibility index (Phi) is 7.72. The van der Waals surface area contributed by atoms with Crippen LogP contribution in [0.2, 0.25) is 0 Å². The lowest BCUT2D eigenvalue weighted by molar-refractivity contribution is 0.0485. The van der Waals surface area contributed by atoms with Gasteiger partial charge in [0.2, 0.25) is 0 Å². The van der Waals surface area contributed by atoms with Gasteiger partial charge >= 0.3 is 6.09 Å². The number of alkyl carbamates (subject to hydrolysis) is 1. The first-order valence-electron chi connectivity index (χ1n) is 17.5. The fraction of sp³-hybridized carbons (Fsp3) is 0.447. The lowest BCUT2D eigenvalue weighted by Crippen LogP contribution is -2.49. The Bertz CT molecular complexity index is 2120. The van der Waals surface area contributed by atoms with Crippen molar-refractivity contribution in [1.29, 1.82) is 0 Å². The number of rotatable bonds is 7. The van der Waals surface area contributed by atoms with E-state index >= 15 is 0 Å². The van der Waals surface area contributed by atoms with E-state index in [1.165, 1.54) is 0 Å². The molecule has 260 valence electrons. The minimum Gasteiger partial charge on any atom is -0.494 e. The maximum absolute atomic E-state index is 14.2. The summed E-state index contributed by atoms with van der Waals surface area (Å²) in [4.78, 5) is 45.2. The quantitative estimate of drug-likeness (QED) is 0.238. The summed E-state index contributed by atoms with van der Waals surface area (Å²) in [6.45, 7) is 10.5. The molecule has 3 aromatic heterocycles. The molecule has 5 heterocycles. The number of imidazole rings is 1. The van der Waals surface area contributed by atoms with Crippen LogP contribution in [0.3, 0.4) is 0 Å². The molecule has 2 aliphatic heterocycles. The van der Waals surface area contributed by atoms with Crippen molar-refractivity contribution in [3.05, 3.63) is 66.1 Å². The predicted octanol–water partition coefficient (Wildman–Crippen LogP) is 5.57. The zero-order valence-corrected chi connectivity index (χ0v) is 29.5. The molecule has 0 spiro atoms. The zero-order valence-electron chi connectivity index (χ0n) is 29.5. The van der Waals surface area contributed by atoms with Crippen molar-refractivity contribution in [1.82, 2.24) is 34.3 Å². The summed E-state index contributed by atoms with van der Waals surface area (Å²) < 4.78 is 16.0. The minimum atomic E-state index is -0.592. The number of anilines is 1. The van der Waals surface area contributed by atoms with Crippen LogP contribution in [0.4, 0.5) is 10.6 Å². The van der Waals surface area contributed by atoms with Crippen LogP contribution in [0.15, 0.2) is 54.7 Å². The van der Waals surface area contributed by atoms with E-state index in [4.69, 9.17) is 14.5 Å². The van der Waals surface area contributed by atoms with Gasteiger partial charge in [0.05, 0.1) is 30.4 Å². The molecule has 0 unspecified atom stereocenters. The standard InChI is InChI=1S/C38H44N8O4/c1-22-39-14-13-32(40-22)44-18-23(19-44)20-46-34-27(41-35(46)30-16-24-9-7-8-10-28(24)43(30)5)15-26(17-31(34)49-6)36(47)45-21-25-11-12-29(45)33(25)42-37(48)50-38(2,3)4/h7-10,13-17,23,25,29,33H,11-12,18-21H2,1-6H3,(H,42,48)/t25-,29-,33-/m1/s1. The second-order valence-corrected chi connectivity index (χ2v) is 15.0. The summed E-state index contributed by atoms with van der Waals surface area (Å²) in [5, 5.41) is 4.21. The molecule has 1 N–H and O–H groups in total. The Hall–Kier alpha value is -5.13. The first kappa shape index (κ1) is 32.1. The van der Waals surface area contributed by atoms with Gasteiger partial charge in [-0.1, -0.05) is 18.2 Å². The fourth-order valence-electron chi connectivity index (χ4n) is 8.19. The van der Waals surface area contributed by atoms with E-state index in [2.05, 4.69) is 54.6 Å². The van der Waals surface area contributed by atoms with Crippen molar-refractivity contribution in [2.75, 3.05) is 31.6 Å². The molecule has 12 heteroatoms. The number of ether oxygens (including phenoxy) is 2. The third-order valence-corrected chi connectivity index (χ3v) is 10.5. The number of aryl methyl sites for hydroxylation is 2. The van der Waals surface area contributed by atoms with Gasteiger partial charge in [-0.05, 0) is 76.8 Å². The number of piperidine rings is 1. The Morgan fingerprint density at radius 2 is 1.82 bits per heavy atom. The second kappa shape index (κ2) is 12.0. The molecule has 2 bridgehead atoms. The Morgan fingerprint density at radius 1 is 1.02 bits per heavy atom. The first-order chi connectivity index (χ1) is 24.0. The van der Waals surface area contributed by atoms with Crippen LogP contribution in [-0.4, -0.2) is 85.4 Å². The first-order valence-corrected chi connectivity index (χ1v) is 17.5. The van der Waals surface area contributed by atoms with Gasteiger partial charge in [-0.25, -0.2) is 19.7 Å². The molecular weight excluding hydrogens is 632 g/mol. The summed E-state index contributed by atoms with van der Waals surface area (Å²) in [7, 11) is 3.72. The number of nitrogens with zero attached hydrogens (tertiary/aromatic N) is 7. The Labute approximate surface area is 291 Å². The van der Waals surface area contributed by atoms with E-state index in [-0.39, 0.29) is 23.9 Å². The van der Waals surface area contributed by atoms with Gasteiger partial charge in [0.1, 0.15) is 28.5 Å². The fourth-order valence-corrected chi connectivity index (χ4v) is 8.19. The van der Waals surface area contributed by atoms with Crippen molar-refractivity contribution in [3.8, 4) is 17.3 Å². The number of hydrogen-bond donors (Lipinski definition) is 1. The number of nitrogens with one attached hydrogen (secondary N) is 1. The normalized spacial score (nSPS) is 20.5. The predicted molar refractivity (Wildman–Crippen MR) is 191 cm³/mol. The van der Waals surface area contributed by atoms with Crippen LogP contribution in [0.25, 0.3) is 33.5 Å². The molecule has 1 aliphatic carbocycles. The molecule has 3 atom stereocenters. The summed E-state index contributed by atoms with van der Waals surface area (Å²) >= 11 is 0. The van der Waals surface area contributed by atoms with E-state index in [1.54, 1.807) is 13.3 Å². The number of methoxy groups -OCH3 is 1. The molecule has 1 saturated carbocycles. The van der Waals surface area contributed by atoms with E-state index in [1.807, 2.05) is 62.9 Å². The van der Waals surface area contributed by atoms with Crippen LogP contribution in [0.5, 0.6) is 5.75 Å². The monoisotopic (exact) mass is 676 g/mol. The van der Waals surface area contributed by atoms with Crippen LogP contribution in [-0.2, 0) is 18.3 Å². The van der Waals surface area contributed by atoms with Crippen molar-refractivity contribution < 1.29 is 19.1 Å². The van der Waals surface area contributed by atoms with Gasteiger partial charge in [0, 0.05) is 61.8 Å². The number of benzene rings is 2. The lowest BCUT2D eigenvalue weighted by Gasteiger charge is -2.40. The number of hydrogen-bond acceptors (Lipinski definition) is 8. The van der Waals surface area contributed by atoms with E-state index in [9.17, 15) is 9.59 Å².